The number of nitrogens with two attached hydrogens (primary N) is 1. The Balaban J connectivity index is 1.91. The Labute approximate surface area is 180 Å². The number of hydrogen-bond donors (Lipinski definition) is 1. The molecule has 6 nitrogen and oxygen atoms in total. The van der Waals surface area contributed by atoms with Crippen molar-refractivity contribution in [1.82, 2.24) is 9.55 Å². The Kier molecular flexibility index (Phi) is 5.40. The van der Waals surface area contributed by atoms with Crippen LogP contribution in [-0.4, -0.2) is 22.6 Å². The van der Waals surface area contributed by atoms with Gasteiger partial charge in [-0.1, -0.05) is 18.0 Å². The lowest BCUT2D eigenvalue weighted by Gasteiger charge is -2.29. The molecule has 0 amide bonds. The highest BCUT2D eigenvalue weighted by atomic mass is 35.5. The molecule has 0 bridgehead atoms. The standard InChI is InChI=1S/C23H23ClN4O2/c1-13-6-21-17(8-15(13)9-25)19(18-10-27-11-20(26)22(18)24)12-28(21)16-5-3-4-14(7-16)23(29)30-2/h6,8,10-12,14,16H,3-5,7,26H2,1-2H3. The zero-order chi connectivity index (χ0) is 21.4. The third kappa shape index (κ3) is 3.40. The summed E-state index contributed by atoms with van der Waals surface area (Å²) in [5, 5.41) is 10.9. The number of pyridine rings is 1. The van der Waals surface area contributed by atoms with E-state index >= 15 is 0 Å². The van der Waals surface area contributed by atoms with Gasteiger partial charge in [0.05, 0.1) is 41.6 Å². The van der Waals surface area contributed by atoms with E-state index in [1.165, 1.54) is 13.3 Å². The number of carbonyl (C=O) groups excluding carboxylic acids is 1. The summed E-state index contributed by atoms with van der Waals surface area (Å²) in [7, 11) is 1.44. The summed E-state index contributed by atoms with van der Waals surface area (Å²) in [5.41, 5.74) is 10.5. The average molecular weight is 423 g/mol. The van der Waals surface area contributed by atoms with Crippen molar-refractivity contribution in [3.63, 3.8) is 0 Å². The second kappa shape index (κ2) is 8.00. The number of nitriles is 1. The SMILES string of the molecule is COC(=O)C1CCCC(n2cc(-c3cncc(N)c3Cl)c3cc(C#N)c(C)cc32)C1. The number of aryl methyl sites for hydroxylation is 1. The molecule has 3 aromatic rings. The largest absolute Gasteiger partial charge is 0.469 e. The molecule has 0 spiro atoms. The van der Waals surface area contributed by atoms with Crippen LogP contribution in [0.25, 0.3) is 22.0 Å². The summed E-state index contributed by atoms with van der Waals surface area (Å²) in [4.78, 5) is 16.4. The minimum Gasteiger partial charge on any atom is -0.469 e. The van der Waals surface area contributed by atoms with E-state index in [2.05, 4.69) is 21.8 Å². The number of esters is 1. The summed E-state index contributed by atoms with van der Waals surface area (Å²) >= 11 is 6.51. The van der Waals surface area contributed by atoms with Crippen molar-refractivity contribution in [2.24, 2.45) is 5.92 Å². The van der Waals surface area contributed by atoms with Gasteiger partial charge in [-0.3, -0.25) is 9.78 Å². The molecule has 7 heteroatoms. The van der Waals surface area contributed by atoms with E-state index in [-0.39, 0.29) is 17.9 Å². The molecule has 2 heterocycles. The molecule has 1 aliphatic rings. The van der Waals surface area contributed by atoms with Crippen molar-refractivity contribution >= 4 is 34.2 Å². The molecular formula is C23H23ClN4O2. The minimum absolute atomic E-state index is 0.105. The highest BCUT2D eigenvalue weighted by Crippen LogP contribution is 2.42. The van der Waals surface area contributed by atoms with Crippen molar-refractivity contribution in [2.75, 3.05) is 12.8 Å². The number of nitrogens with zero attached hydrogens (tertiary/aromatic N) is 3. The fourth-order valence-corrected chi connectivity index (χ4v) is 4.68. The molecule has 1 saturated carbocycles. The molecule has 0 radical (unpaired) electrons. The first kappa shape index (κ1) is 20.2. The Hall–Kier alpha value is -3.04. The second-order valence-electron chi connectivity index (χ2n) is 7.88. The molecule has 2 aromatic heterocycles. The van der Waals surface area contributed by atoms with Crippen LogP contribution in [0.1, 0.15) is 42.9 Å². The highest BCUT2D eigenvalue weighted by Gasteiger charge is 2.30. The second-order valence-corrected chi connectivity index (χ2v) is 8.25. The Bertz CT molecular complexity index is 1180. The number of hydrogen-bond acceptors (Lipinski definition) is 5. The van der Waals surface area contributed by atoms with E-state index in [0.717, 1.165) is 53.3 Å². The molecule has 1 aromatic carbocycles. The summed E-state index contributed by atoms with van der Waals surface area (Å²) in [5.74, 6) is -0.255. The van der Waals surface area contributed by atoms with Crippen molar-refractivity contribution in [3.8, 4) is 17.2 Å². The van der Waals surface area contributed by atoms with E-state index in [1.54, 1.807) is 6.20 Å². The lowest BCUT2D eigenvalue weighted by molar-refractivity contribution is -0.147. The lowest BCUT2D eigenvalue weighted by atomic mass is 9.85. The number of aromatic nitrogens is 2. The van der Waals surface area contributed by atoms with Crippen LogP contribution in [0.2, 0.25) is 5.02 Å². The number of nitrogen functional groups attached to an aromatic ring is 1. The molecule has 4 rings (SSSR count). The Morgan fingerprint density at radius 2 is 2.13 bits per heavy atom. The zero-order valence-electron chi connectivity index (χ0n) is 17.0. The number of halogens is 1. The maximum absolute atomic E-state index is 12.1. The van der Waals surface area contributed by atoms with Gasteiger partial charge in [0, 0.05) is 40.5 Å². The van der Waals surface area contributed by atoms with Gasteiger partial charge in [0.25, 0.3) is 0 Å². The van der Waals surface area contributed by atoms with E-state index in [0.29, 0.717) is 16.3 Å². The maximum Gasteiger partial charge on any atom is 0.308 e. The summed E-state index contributed by atoms with van der Waals surface area (Å²) < 4.78 is 7.21. The molecule has 30 heavy (non-hydrogen) atoms. The first-order chi connectivity index (χ1) is 14.4. The first-order valence-electron chi connectivity index (χ1n) is 9.97. The molecule has 1 aliphatic carbocycles. The predicted octanol–water partition coefficient (Wildman–Crippen LogP) is 5.02. The van der Waals surface area contributed by atoms with E-state index in [4.69, 9.17) is 22.1 Å². The number of carbonyl (C=O) groups is 1. The van der Waals surface area contributed by atoms with Gasteiger partial charge in [-0.25, -0.2) is 0 Å². The lowest BCUT2D eigenvalue weighted by Crippen LogP contribution is -2.25. The van der Waals surface area contributed by atoms with Crippen LogP contribution in [-0.2, 0) is 9.53 Å². The van der Waals surface area contributed by atoms with Gasteiger partial charge >= 0.3 is 5.97 Å². The number of rotatable bonds is 3. The molecule has 1 fully saturated rings. The quantitative estimate of drug-likeness (QED) is 0.598. The van der Waals surface area contributed by atoms with Gasteiger partial charge in [0.15, 0.2) is 0 Å². The number of methoxy groups -OCH3 is 1. The monoisotopic (exact) mass is 422 g/mol. The number of fused-ring (bicyclic) bond motifs is 1. The molecular weight excluding hydrogens is 400 g/mol. The highest BCUT2D eigenvalue weighted by molar-refractivity contribution is 6.36. The molecule has 0 saturated heterocycles. The van der Waals surface area contributed by atoms with Gasteiger partial charge < -0.3 is 15.0 Å². The summed E-state index contributed by atoms with van der Waals surface area (Å²) in [6, 6.07) is 6.35. The van der Waals surface area contributed by atoms with Gasteiger partial charge in [-0.05, 0) is 43.9 Å². The Morgan fingerprint density at radius 1 is 1.33 bits per heavy atom. The maximum atomic E-state index is 12.1. The van der Waals surface area contributed by atoms with Crippen LogP contribution >= 0.6 is 11.6 Å². The first-order valence-corrected chi connectivity index (χ1v) is 10.3. The third-order valence-corrected chi connectivity index (χ3v) is 6.49. The van der Waals surface area contributed by atoms with Gasteiger partial charge in [-0.2, -0.15) is 5.26 Å². The van der Waals surface area contributed by atoms with Crippen LogP contribution in [0.5, 0.6) is 0 Å². The third-order valence-electron chi connectivity index (χ3n) is 6.07. The van der Waals surface area contributed by atoms with Crippen molar-refractivity contribution in [1.29, 1.82) is 5.26 Å². The molecule has 154 valence electrons. The summed E-state index contributed by atoms with van der Waals surface area (Å²) in [6.45, 7) is 1.93. The number of ether oxygens (including phenoxy) is 1. The zero-order valence-corrected chi connectivity index (χ0v) is 17.7. The average Bonchev–Trinajstić information content (AvgIpc) is 3.12. The number of anilines is 1. The predicted molar refractivity (Wildman–Crippen MR) is 117 cm³/mol. The molecule has 2 N–H and O–H groups in total. The van der Waals surface area contributed by atoms with Gasteiger partial charge in [-0.15, -0.1) is 0 Å². The van der Waals surface area contributed by atoms with Crippen molar-refractivity contribution < 1.29 is 9.53 Å². The van der Waals surface area contributed by atoms with Crippen LogP contribution in [0.4, 0.5) is 5.69 Å². The van der Waals surface area contributed by atoms with Crippen LogP contribution in [0.3, 0.4) is 0 Å². The van der Waals surface area contributed by atoms with Crippen molar-refractivity contribution in [3.05, 3.63) is 46.9 Å². The normalized spacial score (nSPS) is 18.9. The molecule has 2 atom stereocenters. The van der Waals surface area contributed by atoms with Crippen LogP contribution in [0, 0.1) is 24.2 Å². The van der Waals surface area contributed by atoms with Gasteiger partial charge in [0.2, 0.25) is 0 Å². The Morgan fingerprint density at radius 3 is 2.87 bits per heavy atom. The van der Waals surface area contributed by atoms with E-state index in [1.807, 2.05) is 19.1 Å². The topological polar surface area (TPSA) is 93.9 Å². The van der Waals surface area contributed by atoms with E-state index < -0.39 is 0 Å². The minimum atomic E-state index is -0.151. The fourth-order valence-electron chi connectivity index (χ4n) is 4.48. The smallest absolute Gasteiger partial charge is 0.308 e. The van der Waals surface area contributed by atoms with Crippen LogP contribution < -0.4 is 5.73 Å². The molecule has 0 aliphatic heterocycles. The van der Waals surface area contributed by atoms with E-state index in [9.17, 15) is 10.1 Å². The van der Waals surface area contributed by atoms with Crippen LogP contribution in [0.15, 0.2) is 30.7 Å². The molecule has 2 unspecified atom stereocenters. The van der Waals surface area contributed by atoms with Crippen molar-refractivity contribution in [2.45, 2.75) is 38.6 Å². The number of benzene rings is 1. The summed E-state index contributed by atoms with van der Waals surface area (Å²) in [6.07, 6.45) is 8.77. The fraction of sp³-hybridized carbons (Fsp3) is 0.348. The van der Waals surface area contributed by atoms with Gasteiger partial charge in [0.1, 0.15) is 0 Å².